The lowest BCUT2D eigenvalue weighted by Gasteiger charge is -2.29. The first-order valence-electron chi connectivity index (χ1n) is 5.83. The van der Waals surface area contributed by atoms with Gasteiger partial charge in [0.05, 0.1) is 12.2 Å². The van der Waals surface area contributed by atoms with Crippen LogP contribution in [0.15, 0.2) is 6.20 Å². The highest BCUT2D eigenvalue weighted by atomic mass is 35.5. The molecule has 1 aliphatic heterocycles. The van der Waals surface area contributed by atoms with E-state index in [4.69, 9.17) is 17.3 Å². The second-order valence-electron chi connectivity index (χ2n) is 4.48. The fourth-order valence-electron chi connectivity index (χ4n) is 2.20. The van der Waals surface area contributed by atoms with Crippen LogP contribution in [0.4, 0.5) is 0 Å². The number of hydrogen-bond donors (Lipinski definition) is 1. The maximum absolute atomic E-state index is 6.30. The largest absolute Gasteiger partial charge is 0.330 e. The monoisotopic (exact) mass is 242 g/mol. The molecule has 0 aliphatic carbocycles. The maximum Gasteiger partial charge on any atom is 0.130 e. The van der Waals surface area contributed by atoms with E-state index >= 15 is 0 Å². The minimum Gasteiger partial charge on any atom is -0.330 e. The minimum absolute atomic E-state index is 0.454. The lowest BCUT2D eigenvalue weighted by atomic mass is 10.1. The van der Waals surface area contributed by atoms with Gasteiger partial charge in [-0.3, -0.25) is 4.68 Å². The van der Waals surface area contributed by atoms with E-state index in [1.54, 1.807) is 0 Å². The molecule has 4 nitrogen and oxygen atoms in total. The third-order valence-electron chi connectivity index (χ3n) is 3.25. The molecule has 0 unspecified atom stereocenters. The van der Waals surface area contributed by atoms with Crippen molar-refractivity contribution in [1.29, 1.82) is 0 Å². The first-order chi connectivity index (χ1) is 7.72. The van der Waals surface area contributed by atoms with Crippen molar-refractivity contribution in [2.24, 2.45) is 5.73 Å². The van der Waals surface area contributed by atoms with Crippen molar-refractivity contribution in [3.05, 3.63) is 16.9 Å². The zero-order chi connectivity index (χ0) is 11.5. The summed E-state index contributed by atoms with van der Waals surface area (Å²) in [4.78, 5) is 2.34. The van der Waals surface area contributed by atoms with Gasteiger partial charge in [0.25, 0.3) is 0 Å². The number of nitrogens with zero attached hydrogens (tertiary/aromatic N) is 3. The lowest BCUT2D eigenvalue weighted by Crippen LogP contribution is -2.31. The number of hydrogen-bond acceptors (Lipinski definition) is 3. The van der Waals surface area contributed by atoms with Crippen LogP contribution in [0.5, 0.6) is 0 Å². The van der Waals surface area contributed by atoms with Crippen molar-refractivity contribution in [3.63, 3.8) is 0 Å². The van der Waals surface area contributed by atoms with Gasteiger partial charge in [-0.05, 0) is 45.9 Å². The average Bonchev–Trinajstić information content (AvgIpc) is 2.63. The molecule has 1 saturated heterocycles. The average molecular weight is 243 g/mol. The summed E-state index contributed by atoms with van der Waals surface area (Å²) in [6.45, 7) is 2.86. The van der Waals surface area contributed by atoms with Gasteiger partial charge in [-0.1, -0.05) is 11.6 Å². The van der Waals surface area contributed by atoms with E-state index in [1.165, 1.54) is 0 Å². The van der Waals surface area contributed by atoms with E-state index in [1.807, 2.05) is 10.9 Å². The number of rotatable bonds is 3. The first kappa shape index (κ1) is 11.9. The molecule has 16 heavy (non-hydrogen) atoms. The van der Waals surface area contributed by atoms with E-state index in [0.29, 0.717) is 12.6 Å². The quantitative estimate of drug-likeness (QED) is 0.869. The van der Waals surface area contributed by atoms with Crippen molar-refractivity contribution in [2.75, 3.05) is 26.7 Å². The number of aromatic nitrogens is 2. The molecule has 2 N–H and O–H groups in total. The van der Waals surface area contributed by atoms with Gasteiger partial charge in [0.15, 0.2) is 0 Å². The lowest BCUT2D eigenvalue weighted by molar-refractivity contribution is 0.212. The highest BCUT2D eigenvalue weighted by Gasteiger charge is 2.21. The highest BCUT2D eigenvalue weighted by molar-refractivity contribution is 6.30. The van der Waals surface area contributed by atoms with Crippen LogP contribution < -0.4 is 5.73 Å². The molecule has 0 saturated carbocycles. The van der Waals surface area contributed by atoms with Crippen molar-refractivity contribution in [3.8, 4) is 0 Å². The summed E-state index contributed by atoms with van der Waals surface area (Å²) >= 11 is 6.30. The molecule has 0 atom stereocenters. The maximum atomic E-state index is 6.30. The molecule has 0 radical (unpaired) electrons. The Morgan fingerprint density at radius 2 is 2.19 bits per heavy atom. The summed E-state index contributed by atoms with van der Waals surface area (Å²) < 4.78 is 1.97. The Balaban J connectivity index is 2.09. The predicted molar refractivity (Wildman–Crippen MR) is 65.8 cm³/mol. The van der Waals surface area contributed by atoms with Crippen LogP contribution in [0.25, 0.3) is 0 Å². The van der Waals surface area contributed by atoms with Crippen molar-refractivity contribution in [1.82, 2.24) is 14.7 Å². The van der Waals surface area contributed by atoms with Crippen LogP contribution in [0.1, 0.15) is 24.4 Å². The Morgan fingerprint density at radius 1 is 1.50 bits per heavy atom. The molecule has 2 rings (SSSR count). The van der Waals surface area contributed by atoms with Crippen LogP contribution in [-0.2, 0) is 6.42 Å². The molecule has 1 aromatic rings. The normalized spacial score (nSPS) is 19.2. The summed E-state index contributed by atoms with van der Waals surface area (Å²) in [6.07, 6.45) is 4.92. The van der Waals surface area contributed by atoms with Gasteiger partial charge >= 0.3 is 0 Å². The topological polar surface area (TPSA) is 47.1 Å². The third-order valence-corrected chi connectivity index (χ3v) is 3.67. The molecule has 0 bridgehead atoms. The van der Waals surface area contributed by atoms with E-state index in [2.05, 4.69) is 17.0 Å². The van der Waals surface area contributed by atoms with Gasteiger partial charge < -0.3 is 10.6 Å². The molecule has 90 valence electrons. The van der Waals surface area contributed by atoms with E-state index in [0.717, 1.165) is 43.1 Å². The Hall–Kier alpha value is -0.580. The number of likely N-dealkylation sites (tertiary alicyclic amines) is 1. The van der Waals surface area contributed by atoms with Crippen molar-refractivity contribution < 1.29 is 0 Å². The SMILES string of the molecule is CN1CCC(n2ncc(CCN)c2Cl)CC1. The summed E-state index contributed by atoms with van der Waals surface area (Å²) in [5.74, 6) is 0. The second-order valence-corrected chi connectivity index (χ2v) is 4.84. The summed E-state index contributed by atoms with van der Waals surface area (Å²) in [7, 11) is 2.15. The molecule has 5 heteroatoms. The van der Waals surface area contributed by atoms with E-state index in [9.17, 15) is 0 Å². The standard InChI is InChI=1S/C11H19ClN4/c1-15-6-3-10(4-7-15)16-11(12)9(2-5-13)8-14-16/h8,10H,2-7,13H2,1H3. The van der Waals surface area contributed by atoms with Gasteiger partial charge in [0, 0.05) is 5.56 Å². The van der Waals surface area contributed by atoms with E-state index in [-0.39, 0.29) is 0 Å². The zero-order valence-corrected chi connectivity index (χ0v) is 10.5. The van der Waals surface area contributed by atoms with Crippen molar-refractivity contribution >= 4 is 11.6 Å². The third kappa shape index (κ3) is 2.39. The Labute approximate surface area is 101 Å². The van der Waals surface area contributed by atoms with Crippen LogP contribution in [-0.4, -0.2) is 41.4 Å². The van der Waals surface area contributed by atoms with Crippen LogP contribution in [0, 0.1) is 0 Å². The molecule has 1 aromatic heterocycles. The molecular weight excluding hydrogens is 224 g/mol. The van der Waals surface area contributed by atoms with Crippen LogP contribution in [0.2, 0.25) is 5.15 Å². The zero-order valence-electron chi connectivity index (χ0n) is 9.69. The minimum atomic E-state index is 0.454. The van der Waals surface area contributed by atoms with E-state index < -0.39 is 0 Å². The molecule has 0 spiro atoms. The smallest absolute Gasteiger partial charge is 0.130 e. The fraction of sp³-hybridized carbons (Fsp3) is 0.727. The molecule has 0 aromatic carbocycles. The van der Waals surface area contributed by atoms with Gasteiger partial charge in [-0.2, -0.15) is 5.10 Å². The predicted octanol–water partition coefficient (Wildman–Crippen LogP) is 1.30. The van der Waals surface area contributed by atoms with Gasteiger partial charge in [-0.25, -0.2) is 0 Å². The Kier molecular flexibility index (Phi) is 3.84. The summed E-state index contributed by atoms with van der Waals surface area (Å²) in [5.41, 5.74) is 6.61. The van der Waals surface area contributed by atoms with Crippen molar-refractivity contribution in [2.45, 2.75) is 25.3 Å². The molecule has 2 heterocycles. The van der Waals surface area contributed by atoms with Crippen LogP contribution >= 0.6 is 11.6 Å². The van der Waals surface area contributed by atoms with Crippen LogP contribution in [0.3, 0.4) is 0 Å². The molecular formula is C11H19ClN4. The molecule has 1 aliphatic rings. The Bertz CT molecular complexity index is 342. The number of nitrogens with two attached hydrogens (primary N) is 1. The Morgan fingerprint density at radius 3 is 2.81 bits per heavy atom. The summed E-state index contributed by atoms with van der Waals surface area (Å²) in [5, 5.41) is 5.17. The molecule has 1 fully saturated rings. The van der Waals surface area contributed by atoms with Gasteiger partial charge in [0.2, 0.25) is 0 Å². The number of halogens is 1. The summed E-state index contributed by atoms with van der Waals surface area (Å²) in [6, 6.07) is 0.454. The fourth-order valence-corrected chi connectivity index (χ4v) is 2.53. The first-order valence-corrected chi connectivity index (χ1v) is 6.20. The highest BCUT2D eigenvalue weighted by Crippen LogP contribution is 2.27. The molecule has 0 amide bonds. The second kappa shape index (κ2) is 5.17. The van der Waals surface area contributed by atoms with Gasteiger partial charge in [-0.15, -0.1) is 0 Å². The van der Waals surface area contributed by atoms with Gasteiger partial charge in [0.1, 0.15) is 5.15 Å². The number of piperidine rings is 1.